The van der Waals surface area contributed by atoms with E-state index in [2.05, 4.69) is 15.0 Å². The van der Waals surface area contributed by atoms with Gasteiger partial charge < -0.3 is 38.5 Å². The Balaban J connectivity index is 1.28. The zero-order valence-corrected chi connectivity index (χ0v) is 29.7. The lowest BCUT2D eigenvalue weighted by Gasteiger charge is -2.42. The maximum atomic E-state index is 14.4. The van der Waals surface area contributed by atoms with Gasteiger partial charge in [-0.15, -0.1) is 0 Å². The third-order valence-electron chi connectivity index (χ3n) is 9.39. The Morgan fingerprint density at radius 1 is 1.17 bits per heavy atom. The van der Waals surface area contributed by atoms with Crippen LogP contribution in [0.3, 0.4) is 0 Å². The molecule has 4 heterocycles. The number of nitrogens with one attached hydrogen (secondary N) is 1. The third kappa shape index (κ3) is 7.89. The van der Waals surface area contributed by atoms with E-state index >= 15 is 0 Å². The van der Waals surface area contributed by atoms with Gasteiger partial charge >= 0.3 is 13.9 Å². The number of hydrogen-bond acceptors (Lipinski definition) is 10. The largest absolute Gasteiger partial charge is 0.524 e. The molecule has 3 aliphatic heterocycles. The van der Waals surface area contributed by atoms with Crippen molar-refractivity contribution >= 4 is 31.4 Å². The van der Waals surface area contributed by atoms with Gasteiger partial charge in [0.1, 0.15) is 22.9 Å². The third-order valence-corrected chi connectivity index (χ3v) is 9.84. The van der Waals surface area contributed by atoms with Crippen molar-refractivity contribution in [2.45, 2.75) is 63.9 Å². The van der Waals surface area contributed by atoms with Gasteiger partial charge in [0.25, 0.3) is 11.8 Å². The number of oxime groups is 1. The summed E-state index contributed by atoms with van der Waals surface area (Å²) in [4.78, 5) is 81.3. The maximum absolute atomic E-state index is 14.4. The minimum atomic E-state index is -4.75. The molecule has 53 heavy (non-hydrogen) atoms. The van der Waals surface area contributed by atoms with Crippen molar-refractivity contribution in [3.63, 3.8) is 0 Å². The van der Waals surface area contributed by atoms with Crippen LogP contribution in [0.15, 0.2) is 58.6 Å². The molecular formula is C34H36F2N5O11P. The molecular weight excluding hydrogens is 723 g/mol. The number of carbonyl (C=O) groups is 3. The Morgan fingerprint density at radius 2 is 1.91 bits per heavy atom. The zero-order valence-electron chi connectivity index (χ0n) is 28.8. The van der Waals surface area contributed by atoms with Crippen LogP contribution in [0.2, 0.25) is 0 Å². The summed E-state index contributed by atoms with van der Waals surface area (Å²) in [6.07, 6.45) is 1.82. The predicted molar refractivity (Wildman–Crippen MR) is 181 cm³/mol. The monoisotopic (exact) mass is 759 g/mol. The van der Waals surface area contributed by atoms with Gasteiger partial charge in [-0.25, -0.2) is 18.1 Å². The fraction of sp³-hybridized carbons (Fsp3) is 0.382. The van der Waals surface area contributed by atoms with Crippen LogP contribution < -0.4 is 20.0 Å². The molecule has 2 aromatic carbocycles. The number of phosphoric ester groups is 1. The molecule has 1 fully saturated rings. The molecule has 1 spiro atoms. The molecule has 3 aromatic rings. The van der Waals surface area contributed by atoms with E-state index in [1.165, 1.54) is 42.1 Å². The summed E-state index contributed by atoms with van der Waals surface area (Å²) in [6, 6.07) is 7.54. The van der Waals surface area contributed by atoms with E-state index in [9.17, 15) is 32.5 Å². The first-order chi connectivity index (χ1) is 25.0. The van der Waals surface area contributed by atoms with Gasteiger partial charge in [0.2, 0.25) is 18.0 Å². The molecule has 19 heteroatoms. The number of pyridine rings is 1. The lowest BCUT2D eigenvalue weighted by atomic mass is 9.84. The van der Waals surface area contributed by atoms with Crippen molar-refractivity contribution < 1.29 is 56.4 Å². The number of fused-ring (bicyclic) bond motifs is 5. The Labute approximate surface area is 301 Å². The molecule has 0 unspecified atom stereocenters. The van der Waals surface area contributed by atoms with Gasteiger partial charge in [-0.3, -0.25) is 24.2 Å². The van der Waals surface area contributed by atoms with E-state index in [0.29, 0.717) is 30.9 Å². The topological polar surface area (TPSA) is 199 Å². The standard InChI is InChI=1S/C34H36F2N5O11P/c1-19-13-34(52-38-19)11-10-20(2)40-17-27(34)41-16-25(31(43)37-14-22-6-7-23(35)12-26(22)36)29(42)30(28(41)32(40)44)49-18-50-33(45)39(3)15-21-4-8-24(9-5-21)51-53(46,47)48/h4-9,12,16,20,27H,10-11,13-15,17-18H2,1-3H3,(H,37,43)(H2,46,47,48)/t20-,27+,34-/m0/s1. The summed E-state index contributed by atoms with van der Waals surface area (Å²) in [5, 5.41) is 6.67. The molecule has 0 aliphatic carbocycles. The summed E-state index contributed by atoms with van der Waals surface area (Å²) in [6.45, 7) is 2.62. The molecule has 282 valence electrons. The molecule has 1 aromatic heterocycles. The van der Waals surface area contributed by atoms with Crippen LogP contribution in [0.1, 0.15) is 71.1 Å². The number of amides is 3. The van der Waals surface area contributed by atoms with Crippen LogP contribution >= 0.6 is 7.82 Å². The molecule has 6 rings (SSSR count). The zero-order chi connectivity index (χ0) is 38.2. The first kappa shape index (κ1) is 37.4. The summed E-state index contributed by atoms with van der Waals surface area (Å²) < 4.78 is 55.9. The van der Waals surface area contributed by atoms with Gasteiger partial charge in [0.05, 0.1) is 11.8 Å². The first-order valence-electron chi connectivity index (χ1n) is 16.4. The highest BCUT2D eigenvalue weighted by atomic mass is 31.2. The number of nitrogens with zero attached hydrogens (tertiary/aromatic N) is 4. The highest BCUT2D eigenvalue weighted by Crippen LogP contribution is 2.46. The van der Waals surface area contributed by atoms with Gasteiger partial charge in [0.15, 0.2) is 11.3 Å². The van der Waals surface area contributed by atoms with Crippen LogP contribution in [0.4, 0.5) is 13.6 Å². The van der Waals surface area contributed by atoms with E-state index < -0.39 is 72.5 Å². The minimum absolute atomic E-state index is 0.00598. The number of benzene rings is 2. The number of halogens is 2. The van der Waals surface area contributed by atoms with Crippen molar-refractivity contribution in [3.05, 3.63) is 92.9 Å². The molecule has 2 bridgehead atoms. The normalized spacial score (nSPS) is 20.5. The number of hydrogen-bond donors (Lipinski definition) is 3. The number of phosphoric acid groups is 1. The van der Waals surface area contributed by atoms with Gasteiger partial charge in [-0.05, 0) is 50.5 Å². The fourth-order valence-electron chi connectivity index (χ4n) is 6.72. The Kier molecular flexibility index (Phi) is 10.3. The molecule has 3 atom stereocenters. The first-order valence-corrected chi connectivity index (χ1v) is 18.0. The Hall–Kier alpha value is -5.32. The van der Waals surface area contributed by atoms with E-state index in [-0.39, 0.29) is 42.7 Å². The maximum Gasteiger partial charge on any atom is 0.524 e. The van der Waals surface area contributed by atoms with Crippen molar-refractivity contribution in [1.29, 1.82) is 0 Å². The average Bonchev–Trinajstić information content (AvgIpc) is 3.43. The number of carbonyl (C=O) groups excluding carboxylic acids is 3. The van der Waals surface area contributed by atoms with Crippen molar-refractivity contribution in [2.75, 3.05) is 20.4 Å². The van der Waals surface area contributed by atoms with E-state index in [1.807, 2.05) is 13.8 Å². The smallest absolute Gasteiger partial charge is 0.451 e. The quantitative estimate of drug-likeness (QED) is 0.201. The van der Waals surface area contributed by atoms with E-state index in [0.717, 1.165) is 22.7 Å². The summed E-state index contributed by atoms with van der Waals surface area (Å²) in [5.74, 6) is -3.82. The van der Waals surface area contributed by atoms with Crippen LogP contribution in [-0.4, -0.2) is 79.8 Å². The van der Waals surface area contributed by atoms with E-state index in [1.54, 1.807) is 4.90 Å². The molecule has 0 radical (unpaired) electrons. The summed E-state index contributed by atoms with van der Waals surface area (Å²) >= 11 is 0. The average molecular weight is 760 g/mol. The highest BCUT2D eigenvalue weighted by molar-refractivity contribution is 7.46. The second-order valence-corrected chi connectivity index (χ2v) is 14.3. The lowest BCUT2D eigenvalue weighted by Crippen LogP contribution is -2.52. The predicted octanol–water partition coefficient (Wildman–Crippen LogP) is 3.85. The van der Waals surface area contributed by atoms with Crippen LogP contribution in [0.25, 0.3) is 0 Å². The number of ether oxygens (including phenoxy) is 2. The fourth-order valence-corrected chi connectivity index (χ4v) is 7.12. The number of rotatable bonds is 10. The van der Waals surface area contributed by atoms with Crippen LogP contribution in [0, 0.1) is 11.6 Å². The SMILES string of the molecule is CC1=NO[C@@]2(CC[C@H](C)N3C[C@H]2n2cc(C(=O)NCc4ccc(F)cc4F)c(=O)c(OCOC(=O)N(C)Cc4ccc(OP(=O)(O)O)cc4)c2C3=O)C1. The molecule has 0 saturated carbocycles. The lowest BCUT2D eigenvalue weighted by molar-refractivity contribution is -0.0657. The summed E-state index contributed by atoms with van der Waals surface area (Å²) in [7, 11) is -3.35. The number of aromatic nitrogens is 1. The van der Waals surface area contributed by atoms with Gasteiger partial charge in [-0.2, -0.15) is 0 Å². The Morgan fingerprint density at radius 3 is 2.57 bits per heavy atom. The Bertz CT molecular complexity index is 2090. The van der Waals surface area contributed by atoms with Crippen molar-refractivity contribution in [1.82, 2.24) is 19.7 Å². The van der Waals surface area contributed by atoms with Crippen LogP contribution in [-0.2, 0) is 27.2 Å². The summed E-state index contributed by atoms with van der Waals surface area (Å²) in [5.41, 5.74) is -1.32. The molecule has 3 N–H and O–H groups in total. The molecule has 16 nitrogen and oxygen atoms in total. The van der Waals surface area contributed by atoms with Gasteiger partial charge in [0, 0.05) is 57.0 Å². The second kappa shape index (κ2) is 14.6. The minimum Gasteiger partial charge on any atom is -0.451 e. The van der Waals surface area contributed by atoms with Crippen molar-refractivity contribution in [2.24, 2.45) is 5.16 Å². The molecule has 3 amide bonds. The molecule has 1 saturated heterocycles. The van der Waals surface area contributed by atoms with Crippen molar-refractivity contribution in [3.8, 4) is 11.5 Å². The second-order valence-electron chi connectivity index (χ2n) is 13.2. The van der Waals surface area contributed by atoms with Gasteiger partial charge in [-0.1, -0.05) is 23.4 Å². The van der Waals surface area contributed by atoms with E-state index in [4.69, 9.17) is 24.1 Å². The van der Waals surface area contributed by atoms with Crippen LogP contribution in [0.5, 0.6) is 11.5 Å². The highest BCUT2D eigenvalue weighted by Gasteiger charge is 2.54. The molecule has 3 aliphatic rings.